The highest BCUT2D eigenvalue weighted by atomic mass is 79.9. The summed E-state index contributed by atoms with van der Waals surface area (Å²) in [5, 5.41) is 2.74. The molecule has 0 spiro atoms. The van der Waals surface area contributed by atoms with E-state index < -0.39 is 11.7 Å². The number of pyridine rings is 1. The van der Waals surface area contributed by atoms with Crippen LogP contribution in [-0.4, -0.2) is 10.9 Å². The van der Waals surface area contributed by atoms with E-state index in [-0.39, 0.29) is 10.7 Å². The van der Waals surface area contributed by atoms with Crippen LogP contribution in [0.2, 0.25) is 5.15 Å². The average molecular weight is 330 g/mol. The number of carbonyl (C=O) groups is 1. The minimum Gasteiger partial charge on any atom is -0.319 e. The molecular weight excluding hydrogens is 322 g/mol. The first-order valence-electron chi connectivity index (χ1n) is 4.95. The molecule has 1 aromatic carbocycles. The van der Waals surface area contributed by atoms with Gasteiger partial charge >= 0.3 is 0 Å². The normalized spacial score (nSPS) is 10.2. The van der Waals surface area contributed by atoms with E-state index in [1.165, 1.54) is 18.3 Å². The van der Waals surface area contributed by atoms with Gasteiger partial charge < -0.3 is 5.32 Å². The summed E-state index contributed by atoms with van der Waals surface area (Å²) >= 11 is 9.00. The van der Waals surface area contributed by atoms with E-state index in [0.29, 0.717) is 10.2 Å². The van der Waals surface area contributed by atoms with E-state index in [9.17, 15) is 9.18 Å². The van der Waals surface area contributed by atoms with Gasteiger partial charge in [0, 0.05) is 10.7 Å². The van der Waals surface area contributed by atoms with Crippen molar-refractivity contribution in [1.82, 2.24) is 4.98 Å². The lowest BCUT2D eigenvalue weighted by Crippen LogP contribution is -2.13. The van der Waals surface area contributed by atoms with Gasteiger partial charge in [0.15, 0.2) is 5.15 Å². The molecular formula is C12H7BrClFN2O. The Morgan fingerprint density at radius 3 is 2.89 bits per heavy atom. The average Bonchev–Trinajstić information content (AvgIpc) is 2.35. The lowest BCUT2D eigenvalue weighted by molar-refractivity contribution is 0.102. The van der Waals surface area contributed by atoms with Crippen LogP contribution in [0.4, 0.5) is 10.1 Å². The smallest absolute Gasteiger partial charge is 0.256 e. The fourth-order valence-corrected chi connectivity index (χ4v) is 1.93. The molecule has 1 N–H and O–H groups in total. The summed E-state index contributed by atoms with van der Waals surface area (Å²) < 4.78 is 13.6. The van der Waals surface area contributed by atoms with Crippen LogP contribution in [0.1, 0.15) is 10.4 Å². The molecule has 0 aliphatic heterocycles. The summed E-state index contributed by atoms with van der Waals surface area (Å²) in [5.41, 5.74) is 0.565. The SMILES string of the molecule is O=C(Nc1cccnc1Cl)c1cc(F)ccc1Br. The van der Waals surface area contributed by atoms with Crippen LogP contribution in [0.25, 0.3) is 0 Å². The largest absolute Gasteiger partial charge is 0.319 e. The first kappa shape index (κ1) is 13.0. The number of carbonyl (C=O) groups excluding carboxylic acids is 1. The van der Waals surface area contributed by atoms with Crippen molar-refractivity contribution in [3.05, 3.63) is 57.5 Å². The first-order valence-corrected chi connectivity index (χ1v) is 6.12. The summed E-state index contributed by atoms with van der Waals surface area (Å²) in [6.07, 6.45) is 1.51. The predicted octanol–water partition coefficient (Wildman–Crippen LogP) is 3.89. The van der Waals surface area contributed by atoms with Crippen molar-refractivity contribution in [3.63, 3.8) is 0 Å². The van der Waals surface area contributed by atoms with Gasteiger partial charge in [0.2, 0.25) is 0 Å². The van der Waals surface area contributed by atoms with Crippen LogP contribution in [-0.2, 0) is 0 Å². The number of anilines is 1. The molecule has 1 amide bonds. The zero-order valence-electron chi connectivity index (χ0n) is 8.95. The van der Waals surface area contributed by atoms with Gasteiger partial charge in [-0.2, -0.15) is 0 Å². The quantitative estimate of drug-likeness (QED) is 0.849. The van der Waals surface area contributed by atoms with Crippen LogP contribution in [0.15, 0.2) is 41.0 Å². The van der Waals surface area contributed by atoms with Gasteiger partial charge in [-0.25, -0.2) is 9.37 Å². The highest BCUT2D eigenvalue weighted by molar-refractivity contribution is 9.10. The standard InChI is InChI=1S/C12H7BrClFN2O/c13-9-4-3-7(15)6-8(9)12(18)17-10-2-1-5-16-11(10)14/h1-6H,(H,17,18). The van der Waals surface area contributed by atoms with Crippen LogP contribution in [0, 0.1) is 5.82 Å². The van der Waals surface area contributed by atoms with E-state index >= 15 is 0 Å². The van der Waals surface area contributed by atoms with Gasteiger partial charge in [-0.05, 0) is 46.3 Å². The Labute approximate surface area is 116 Å². The number of nitrogens with one attached hydrogen (secondary N) is 1. The second kappa shape index (κ2) is 5.46. The monoisotopic (exact) mass is 328 g/mol. The zero-order chi connectivity index (χ0) is 13.1. The highest BCUT2D eigenvalue weighted by Gasteiger charge is 2.12. The van der Waals surface area contributed by atoms with E-state index in [0.717, 1.165) is 6.07 Å². The molecule has 0 saturated carbocycles. The van der Waals surface area contributed by atoms with Crippen molar-refractivity contribution in [2.45, 2.75) is 0 Å². The molecule has 3 nitrogen and oxygen atoms in total. The molecule has 0 atom stereocenters. The molecule has 0 aliphatic carbocycles. The van der Waals surface area contributed by atoms with Crippen LogP contribution in [0.5, 0.6) is 0 Å². The van der Waals surface area contributed by atoms with Crippen LogP contribution < -0.4 is 5.32 Å². The summed E-state index contributed by atoms with van der Waals surface area (Å²) in [7, 11) is 0. The van der Waals surface area contributed by atoms with Gasteiger partial charge in [-0.15, -0.1) is 0 Å². The molecule has 0 radical (unpaired) electrons. The summed E-state index contributed by atoms with van der Waals surface area (Å²) in [5.74, 6) is -0.947. The Hall–Kier alpha value is -1.46. The molecule has 1 aromatic heterocycles. The minimum atomic E-state index is -0.486. The summed E-state index contributed by atoms with van der Waals surface area (Å²) in [6.45, 7) is 0. The van der Waals surface area contributed by atoms with Crippen molar-refractivity contribution in [1.29, 1.82) is 0 Å². The third-order valence-electron chi connectivity index (χ3n) is 2.18. The maximum atomic E-state index is 13.1. The highest BCUT2D eigenvalue weighted by Crippen LogP contribution is 2.22. The maximum absolute atomic E-state index is 13.1. The number of hydrogen-bond acceptors (Lipinski definition) is 2. The molecule has 92 valence electrons. The van der Waals surface area contributed by atoms with Crippen molar-refractivity contribution in [2.24, 2.45) is 0 Å². The molecule has 0 fully saturated rings. The second-order valence-electron chi connectivity index (χ2n) is 3.42. The van der Waals surface area contributed by atoms with Gasteiger partial charge in [0.25, 0.3) is 5.91 Å². The first-order chi connectivity index (χ1) is 8.58. The molecule has 0 saturated heterocycles. The Balaban J connectivity index is 2.28. The third kappa shape index (κ3) is 2.86. The number of hydrogen-bond donors (Lipinski definition) is 1. The van der Waals surface area contributed by atoms with Gasteiger partial charge in [-0.3, -0.25) is 4.79 Å². The second-order valence-corrected chi connectivity index (χ2v) is 4.63. The zero-order valence-corrected chi connectivity index (χ0v) is 11.3. The van der Waals surface area contributed by atoms with Crippen molar-refractivity contribution in [2.75, 3.05) is 5.32 Å². The van der Waals surface area contributed by atoms with Gasteiger partial charge in [0.1, 0.15) is 5.82 Å². The minimum absolute atomic E-state index is 0.179. The molecule has 0 unspecified atom stereocenters. The summed E-state index contributed by atoms with van der Waals surface area (Å²) in [6, 6.07) is 7.12. The molecule has 2 aromatic rings. The number of aromatic nitrogens is 1. The van der Waals surface area contributed by atoms with Crippen molar-refractivity contribution >= 4 is 39.1 Å². The number of nitrogens with zero attached hydrogens (tertiary/aromatic N) is 1. The summed E-state index contributed by atoms with van der Waals surface area (Å²) in [4.78, 5) is 15.8. The van der Waals surface area contributed by atoms with Crippen LogP contribution >= 0.6 is 27.5 Å². The lowest BCUT2D eigenvalue weighted by atomic mass is 10.2. The number of amides is 1. The van der Waals surface area contributed by atoms with E-state index in [1.807, 2.05) is 0 Å². The molecule has 18 heavy (non-hydrogen) atoms. The fourth-order valence-electron chi connectivity index (χ4n) is 1.34. The Kier molecular flexibility index (Phi) is 3.93. The predicted molar refractivity (Wildman–Crippen MR) is 71.3 cm³/mol. The van der Waals surface area contributed by atoms with Gasteiger partial charge in [-0.1, -0.05) is 11.6 Å². The molecule has 0 bridgehead atoms. The maximum Gasteiger partial charge on any atom is 0.256 e. The molecule has 2 rings (SSSR count). The topological polar surface area (TPSA) is 42.0 Å². The molecule has 1 heterocycles. The lowest BCUT2D eigenvalue weighted by Gasteiger charge is -2.07. The molecule has 0 aliphatic rings. The molecule has 6 heteroatoms. The van der Waals surface area contributed by atoms with E-state index in [4.69, 9.17) is 11.6 Å². The van der Waals surface area contributed by atoms with E-state index in [2.05, 4.69) is 26.2 Å². The van der Waals surface area contributed by atoms with Crippen LogP contribution in [0.3, 0.4) is 0 Å². The Morgan fingerprint density at radius 2 is 2.17 bits per heavy atom. The third-order valence-corrected chi connectivity index (χ3v) is 3.17. The number of halogens is 3. The van der Waals surface area contributed by atoms with Crippen molar-refractivity contribution in [3.8, 4) is 0 Å². The van der Waals surface area contributed by atoms with E-state index in [1.54, 1.807) is 12.1 Å². The Bertz CT molecular complexity index is 606. The fraction of sp³-hybridized carbons (Fsp3) is 0. The van der Waals surface area contributed by atoms with Crippen molar-refractivity contribution < 1.29 is 9.18 Å². The number of rotatable bonds is 2. The Morgan fingerprint density at radius 1 is 1.39 bits per heavy atom. The van der Waals surface area contributed by atoms with Gasteiger partial charge in [0.05, 0.1) is 11.3 Å². The number of benzene rings is 1.